The number of benzene rings is 2. The van der Waals surface area contributed by atoms with Crippen LogP contribution in [0.25, 0.3) is 0 Å². The zero-order valence-corrected chi connectivity index (χ0v) is 11.1. The van der Waals surface area contributed by atoms with Gasteiger partial charge in [-0.3, -0.25) is 10.1 Å². The number of carbonyl (C=O) groups is 1. The molecule has 0 fully saturated rings. The van der Waals surface area contributed by atoms with Crippen LogP contribution in [0.3, 0.4) is 0 Å². The first-order valence-electron chi connectivity index (χ1n) is 6.45. The van der Waals surface area contributed by atoms with Gasteiger partial charge in [0.05, 0.1) is 0 Å². The molecule has 2 N–H and O–H groups in total. The van der Waals surface area contributed by atoms with E-state index in [0.717, 1.165) is 16.9 Å². The Bertz CT molecular complexity index is 619. The van der Waals surface area contributed by atoms with E-state index < -0.39 is 0 Å². The van der Waals surface area contributed by atoms with Crippen LogP contribution in [0.5, 0.6) is 0 Å². The molecule has 0 saturated heterocycles. The normalized spacial score (nSPS) is 18.3. The van der Waals surface area contributed by atoms with E-state index in [9.17, 15) is 4.79 Å². The van der Waals surface area contributed by atoms with Crippen molar-refractivity contribution in [3.8, 4) is 0 Å². The number of aryl methyl sites for hydroxylation is 1. The molecule has 1 atom stereocenters. The van der Waals surface area contributed by atoms with Crippen LogP contribution in [0.4, 0.5) is 11.4 Å². The van der Waals surface area contributed by atoms with Crippen molar-refractivity contribution >= 4 is 17.3 Å². The summed E-state index contributed by atoms with van der Waals surface area (Å²) in [6.45, 7) is 2.05. The number of hydrogen-bond donors (Lipinski definition) is 1. The Hall–Kier alpha value is -2.13. The lowest BCUT2D eigenvalue weighted by Crippen LogP contribution is -2.84. The molecule has 1 amide bonds. The number of carbonyl (C=O) groups excluding carboxylic acids is 1. The summed E-state index contributed by atoms with van der Waals surface area (Å²) < 4.78 is 0. The van der Waals surface area contributed by atoms with Crippen LogP contribution in [-0.4, -0.2) is 13.0 Å². The molecule has 1 heterocycles. The van der Waals surface area contributed by atoms with Crippen LogP contribution in [-0.2, 0) is 4.79 Å². The maximum Gasteiger partial charge on any atom is 0.290 e. The molecule has 3 rings (SSSR count). The number of fused-ring (bicyclic) bond motifs is 1. The van der Waals surface area contributed by atoms with Crippen molar-refractivity contribution in [1.82, 2.24) is 0 Å². The average molecular weight is 253 g/mol. The van der Waals surface area contributed by atoms with E-state index in [1.54, 1.807) is 4.90 Å². The van der Waals surface area contributed by atoms with Gasteiger partial charge in [0.15, 0.2) is 11.7 Å². The lowest BCUT2D eigenvalue weighted by molar-refractivity contribution is -0.604. The lowest BCUT2D eigenvalue weighted by atomic mass is 10.0. The number of para-hydroxylation sites is 2. The van der Waals surface area contributed by atoms with Crippen LogP contribution in [0.2, 0.25) is 0 Å². The topological polar surface area (TPSA) is 36.9 Å². The van der Waals surface area contributed by atoms with Crippen molar-refractivity contribution in [2.75, 3.05) is 11.9 Å². The summed E-state index contributed by atoms with van der Waals surface area (Å²) in [7, 11) is 1.84. The first-order valence-corrected chi connectivity index (χ1v) is 6.45. The maximum atomic E-state index is 12.5. The van der Waals surface area contributed by atoms with E-state index in [-0.39, 0.29) is 11.9 Å². The minimum Gasteiger partial charge on any atom is -0.305 e. The highest BCUT2D eigenvalue weighted by Crippen LogP contribution is 2.28. The first kappa shape index (κ1) is 11.9. The third-order valence-electron chi connectivity index (χ3n) is 3.68. The highest BCUT2D eigenvalue weighted by Gasteiger charge is 2.35. The van der Waals surface area contributed by atoms with Gasteiger partial charge in [0, 0.05) is 18.7 Å². The molecule has 3 nitrogen and oxygen atoms in total. The highest BCUT2D eigenvalue weighted by molar-refractivity contribution is 6.00. The van der Waals surface area contributed by atoms with Gasteiger partial charge in [-0.25, -0.2) is 0 Å². The third-order valence-corrected chi connectivity index (χ3v) is 3.68. The van der Waals surface area contributed by atoms with Crippen molar-refractivity contribution in [2.45, 2.75) is 13.0 Å². The molecule has 0 radical (unpaired) electrons. The van der Waals surface area contributed by atoms with Gasteiger partial charge in [0.1, 0.15) is 5.69 Å². The number of amides is 1. The van der Waals surface area contributed by atoms with Gasteiger partial charge in [0.2, 0.25) is 0 Å². The van der Waals surface area contributed by atoms with E-state index in [0.29, 0.717) is 0 Å². The van der Waals surface area contributed by atoms with Gasteiger partial charge in [-0.1, -0.05) is 42.0 Å². The number of likely N-dealkylation sites (N-methyl/N-ethyl adjacent to an activating group) is 1. The van der Waals surface area contributed by atoms with Crippen molar-refractivity contribution < 1.29 is 10.1 Å². The number of quaternary nitrogens is 1. The minimum absolute atomic E-state index is 0.127. The Kier molecular flexibility index (Phi) is 2.84. The van der Waals surface area contributed by atoms with Crippen molar-refractivity contribution in [3.63, 3.8) is 0 Å². The Labute approximate surface area is 112 Å². The van der Waals surface area contributed by atoms with Crippen LogP contribution in [0.15, 0.2) is 48.5 Å². The fourth-order valence-corrected chi connectivity index (χ4v) is 2.52. The zero-order valence-electron chi connectivity index (χ0n) is 11.1. The Morgan fingerprint density at radius 3 is 2.47 bits per heavy atom. The summed E-state index contributed by atoms with van der Waals surface area (Å²) in [5, 5.41) is 2.06. The van der Waals surface area contributed by atoms with Gasteiger partial charge in [-0.2, -0.15) is 0 Å². The van der Waals surface area contributed by atoms with Crippen LogP contribution in [0.1, 0.15) is 17.2 Å². The number of hydrogen-bond acceptors (Lipinski definition) is 1. The van der Waals surface area contributed by atoms with Gasteiger partial charge < -0.3 is 4.90 Å². The van der Waals surface area contributed by atoms with Gasteiger partial charge >= 0.3 is 0 Å². The molecule has 0 bridgehead atoms. The van der Waals surface area contributed by atoms with E-state index in [1.807, 2.05) is 37.4 Å². The predicted molar refractivity (Wildman–Crippen MR) is 75.4 cm³/mol. The number of anilines is 1. The van der Waals surface area contributed by atoms with E-state index in [1.165, 1.54) is 5.56 Å². The SMILES string of the molecule is Cc1ccc([C@H]2[NH2+]c3ccccc3N(C)C2=O)cc1. The van der Waals surface area contributed by atoms with Crippen LogP contribution < -0.4 is 10.2 Å². The highest BCUT2D eigenvalue weighted by atomic mass is 16.2. The lowest BCUT2D eigenvalue weighted by Gasteiger charge is -2.29. The molecule has 0 aliphatic carbocycles. The monoisotopic (exact) mass is 253 g/mol. The van der Waals surface area contributed by atoms with Gasteiger partial charge in [0.25, 0.3) is 5.91 Å². The summed E-state index contributed by atoms with van der Waals surface area (Å²) >= 11 is 0. The number of nitrogens with two attached hydrogens (primary N) is 1. The molecular formula is C16H17N2O+. The van der Waals surface area contributed by atoms with E-state index >= 15 is 0 Å². The second kappa shape index (κ2) is 4.52. The molecule has 1 aliphatic heterocycles. The quantitative estimate of drug-likeness (QED) is 0.774. The molecule has 2 aromatic rings. The fourth-order valence-electron chi connectivity index (χ4n) is 2.52. The Morgan fingerprint density at radius 1 is 1.05 bits per heavy atom. The fraction of sp³-hybridized carbons (Fsp3) is 0.188. The summed E-state index contributed by atoms with van der Waals surface area (Å²) in [4.78, 5) is 14.2. The molecule has 0 unspecified atom stereocenters. The molecule has 2 aromatic carbocycles. The standard InChI is InChI=1S/C16H16N2O/c1-11-7-9-12(10-8-11)15-16(19)18(2)14-6-4-3-5-13(14)17-15/h3-10,15,17H,1-2H3/p+1/t15-/m1/s1. The summed E-state index contributed by atoms with van der Waals surface area (Å²) in [5.74, 6) is 0.127. The molecule has 1 aliphatic rings. The minimum atomic E-state index is -0.180. The zero-order chi connectivity index (χ0) is 13.4. The molecule has 96 valence electrons. The average Bonchev–Trinajstić information content (AvgIpc) is 2.44. The maximum absolute atomic E-state index is 12.5. The van der Waals surface area contributed by atoms with E-state index in [4.69, 9.17) is 0 Å². The Morgan fingerprint density at radius 2 is 1.74 bits per heavy atom. The summed E-state index contributed by atoms with van der Waals surface area (Å²) in [6.07, 6.45) is 0. The van der Waals surface area contributed by atoms with E-state index in [2.05, 4.69) is 30.4 Å². The second-order valence-electron chi connectivity index (χ2n) is 5.01. The smallest absolute Gasteiger partial charge is 0.290 e. The molecule has 3 heteroatoms. The summed E-state index contributed by atoms with van der Waals surface area (Å²) in [6, 6.07) is 16.0. The van der Waals surface area contributed by atoms with Crippen molar-refractivity contribution in [3.05, 3.63) is 59.7 Å². The molecular weight excluding hydrogens is 236 g/mol. The van der Waals surface area contributed by atoms with Crippen LogP contribution in [0, 0.1) is 6.92 Å². The van der Waals surface area contributed by atoms with Gasteiger partial charge in [-0.15, -0.1) is 0 Å². The third kappa shape index (κ3) is 2.02. The first-order chi connectivity index (χ1) is 9.16. The largest absolute Gasteiger partial charge is 0.305 e. The van der Waals surface area contributed by atoms with Crippen molar-refractivity contribution in [2.24, 2.45) is 0 Å². The van der Waals surface area contributed by atoms with Gasteiger partial charge in [-0.05, 0) is 13.0 Å². The molecule has 0 aromatic heterocycles. The Balaban J connectivity index is 2.01. The number of rotatable bonds is 1. The molecule has 0 saturated carbocycles. The summed E-state index contributed by atoms with van der Waals surface area (Å²) in [5.41, 5.74) is 4.36. The van der Waals surface area contributed by atoms with Crippen molar-refractivity contribution in [1.29, 1.82) is 0 Å². The predicted octanol–water partition coefficient (Wildman–Crippen LogP) is 1.91. The number of nitrogens with zero attached hydrogens (tertiary/aromatic N) is 1. The molecule has 19 heavy (non-hydrogen) atoms. The molecule has 0 spiro atoms. The van der Waals surface area contributed by atoms with Crippen LogP contribution >= 0.6 is 0 Å². The second-order valence-corrected chi connectivity index (χ2v) is 5.01.